The molecule has 0 saturated carbocycles. The molecule has 0 amide bonds. The summed E-state index contributed by atoms with van der Waals surface area (Å²) in [7, 11) is -3.04. The normalized spacial score (nSPS) is 12.6. The molecule has 0 fully saturated rings. The lowest BCUT2D eigenvalue weighted by Crippen LogP contribution is -2.23. The van der Waals surface area contributed by atoms with E-state index in [2.05, 4.69) is 13.8 Å². The van der Waals surface area contributed by atoms with Crippen LogP contribution < -0.4 is 0 Å². The molecule has 0 aliphatic heterocycles. The zero-order valence-electron chi connectivity index (χ0n) is 11.1. The van der Waals surface area contributed by atoms with Crippen molar-refractivity contribution in [1.29, 1.82) is 0 Å². The third-order valence-electron chi connectivity index (χ3n) is 3.21. The average molecular weight is 270 g/mol. The van der Waals surface area contributed by atoms with E-state index in [0.717, 1.165) is 5.56 Å². The van der Waals surface area contributed by atoms with Crippen LogP contribution in [0.25, 0.3) is 0 Å². The van der Waals surface area contributed by atoms with Gasteiger partial charge in [-0.1, -0.05) is 44.2 Å². The molecule has 0 bridgehead atoms. The van der Waals surface area contributed by atoms with Crippen LogP contribution in [0, 0.1) is 0 Å². The molecular formula is C14H22O3S. The fourth-order valence-electron chi connectivity index (χ4n) is 1.83. The minimum Gasteiger partial charge on any atom is -0.396 e. The van der Waals surface area contributed by atoms with E-state index in [4.69, 9.17) is 5.11 Å². The smallest absolute Gasteiger partial charge is 0.150 e. The van der Waals surface area contributed by atoms with Gasteiger partial charge in [0.1, 0.15) is 9.84 Å². The van der Waals surface area contributed by atoms with Crippen LogP contribution in [0.3, 0.4) is 0 Å². The van der Waals surface area contributed by atoms with E-state index < -0.39 is 9.84 Å². The summed E-state index contributed by atoms with van der Waals surface area (Å²) < 4.78 is 23.5. The third kappa shape index (κ3) is 4.78. The fourth-order valence-corrected chi connectivity index (χ4v) is 3.43. The van der Waals surface area contributed by atoms with Gasteiger partial charge in [-0.3, -0.25) is 0 Å². The lowest BCUT2D eigenvalue weighted by Gasteiger charge is -2.25. The quantitative estimate of drug-likeness (QED) is 0.826. The molecule has 18 heavy (non-hydrogen) atoms. The molecule has 102 valence electrons. The fraction of sp³-hybridized carbons (Fsp3) is 0.571. The Morgan fingerprint density at radius 1 is 1.11 bits per heavy atom. The Balaban J connectivity index is 2.62. The van der Waals surface area contributed by atoms with E-state index in [-0.39, 0.29) is 23.5 Å². The largest absolute Gasteiger partial charge is 0.396 e. The van der Waals surface area contributed by atoms with Crippen molar-refractivity contribution in [2.45, 2.75) is 32.1 Å². The monoisotopic (exact) mass is 270 g/mol. The summed E-state index contributed by atoms with van der Waals surface area (Å²) in [4.78, 5) is 0. The van der Waals surface area contributed by atoms with Crippen molar-refractivity contribution < 1.29 is 13.5 Å². The Bertz CT molecular complexity index is 449. The average Bonchev–Trinajstić information content (AvgIpc) is 2.36. The Labute approximate surface area is 110 Å². The highest BCUT2D eigenvalue weighted by molar-refractivity contribution is 7.91. The molecule has 0 atom stereocenters. The first-order valence-corrected chi connectivity index (χ1v) is 8.06. The van der Waals surface area contributed by atoms with E-state index in [0.29, 0.717) is 12.8 Å². The van der Waals surface area contributed by atoms with Crippen molar-refractivity contribution in [2.24, 2.45) is 0 Å². The van der Waals surface area contributed by atoms with Crippen molar-refractivity contribution >= 4 is 9.84 Å². The molecule has 0 heterocycles. The number of benzene rings is 1. The van der Waals surface area contributed by atoms with E-state index >= 15 is 0 Å². The van der Waals surface area contributed by atoms with Gasteiger partial charge in [0.15, 0.2) is 0 Å². The summed E-state index contributed by atoms with van der Waals surface area (Å²) in [6.07, 6.45) is 0.929. The summed E-state index contributed by atoms with van der Waals surface area (Å²) in [6, 6.07) is 9.95. The van der Waals surface area contributed by atoms with E-state index in [1.807, 2.05) is 30.3 Å². The second-order valence-corrected chi connectivity index (χ2v) is 7.53. The van der Waals surface area contributed by atoms with Crippen LogP contribution in [0.5, 0.6) is 0 Å². The molecule has 1 aromatic rings. The highest BCUT2D eigenvalue weighted by Gasteiger charge is 2.23. The molecule has 3 nitrogen and oxygen atoms in total. The molecule has 0 aliphatic rings. The Kier molecular flexibility index (Phi) is 5.35. The second kappa shape index (κ2) is 6.34. The van der Waals surface area contributed by atoms with Gasteiger partial charge in [-0.25, -0.2) is 8.42 Å². The molecular weight excluding hydrogens is 248 g/mol. The number of sulfone groups is 1. The molecule has 1 N–H and O–H groups in total. The Hall–Kier alpha value is -0.870. The summed E-state index contributed by atoms with van der Waals surface area (Å²) in [5, 5.41) is 8.67. The predicted octanol–water partition coefficient (Wildman–Crippen LogP) is 2.15. The van der Waals surface area contributed by atoms with Crippen molar-refractivity contribution in [1.82, 2.24) is 0 Å². The van der Waals surface area contributed by atoms with Crippen molar-refractivity contribution in [3.05, 3.63) is 35.9 Å². The molecule has 0 aliphatic carbocycles. The lowest BCUT2D eigenvalue weighted by molar-refractivity contribution is 0.295. The van der Waals surface area contributed by atoms with E-state index in [1.165, 1.54) is 0 Å². The predicted molar refractivity (Wildman–Crippen MR) is 74.4 cm³/mol. The maximum Gasteiger partial charge on any atom is 0.150 e. The maximum atomic E-state index is 11.8. The zero-order chi connectivity index (χ0) is 13.6. The van der Waals surface area contributed by atoms with Crippen LogP contribution in [-0.2, 0) is 15.3 Å². The van der Waals surface area contributed by atoms with Gasteiger partial charge in [0, 0.05) is 6.61 Å². The van der Waals surface area contributed by atoms with Gasteiger partial charge in [-0.05, 0) is 23.8 Å². The highest BCUT2D eigenvalue weighted by Crippen LogP contribution is 2.27. The molecule has 0 unspecified atom stereocenters. The van der Waals surface area contributed by atoms with Crippen molar-refractivity contribution in [2.75, 3.05) is 18.1 Å². The lowest BCUT2D eigenvalue weighted by atomic mass is 9.82. The van der Waals surface area contributed by atoms with Gasteiger partial charge < -0.3 is 5.11 Å². The molecule has 0 aromatic heterocycles. The minimum atomic E-state index is -3.04. The van der Waals surface area contributed by atoms with Gasteiger partial charge in [-0.2, -0.15) is 0 Å². The molecule has 4 heteroatoms. The summed E-state index contributed by atoms with van der Waals surface area (Å²) in [5.74, 6) is 0.253. The van der Waals surface area contributed by atoms with Crippen molar-refractivity contribution in [3.63, 3.8) is 0 Å². The Morgan fingerprint density at radius 2 is 1.72 bits per heavy atom. The number of aliphatic hydroxyl groups is 1. The first-order valence-electron chi connectivity index (χ1n) is 6.24. The van der Waals surface area contributed by atoms with Crippen LogP contribution in [0.1, 0.15) is 32.3 Å². The van der Waals surface area contributed by atoms with Gasteiger partial charge in [0.25, 0.3) is 0 Å². The zero-order valence-corrected chi connectivity index (χ0v) is 11.9. The van der Waals surface area contributed by atoms with E-state index in [1.54, 1.807) is 0 Å². The standard InChI is InChI=1S/C14H22O3S/c1-14(2,13-7-4-3-5-8-13)9-12-18(16,17)11-6-10-15/h3-5,7-8,15H,6,9-12H2,1-2H3. The molecule has 0 saturated heterocycles. The van der Waals surface area contributed by atoms with Crippen LogP contribution in [0.4, 0.5) is 0 Å². The third-order valence-corrected chi connectivity index (χ3v) is 4.94. The number of hydrogen-bond donors (Lipinski definition) is 1. The van der Waals surface area contributed by atoms with Crippen LogP contribution in [-0.4, -0.2) is 31.6 Å². The highest BCUT2D eigenvalue weighted by atomic mass is 32.2. The molecule has 0 spiro atoms. The SMILES string of the molecule is CC(C)(CCS(=O)(=O)CCCO)c1ccccc1. The second-order valence-electron chi connectivity index (χ2n) is 5.23. The van der Waals surface area contributed by atoms with Crippen LogP contribution in [0.15, 0.2) is 30.3 Å². The van der Waals surface area contributed by atoms with Crippen LogP contribution in [0.2, 0.25) is 0 Å². The van der Waals surface area contributed by atoms with Gasteiger partial charge in [-0.15, -0.1) is 0 Å². The molecule has 1 rings (SSSR count). The Morgan fingerprint density at radius 3 is 2.28 bits per heavy atom. The van der Waals surface area contributed by atoms with Gasteiger partial charge >= 0.3 is 0 Å². The van der Waals surface area contributed by atoms with Gasteiger partial charge in [0.05, 0.1) is 11.5 Å². The first-order chi connectivity index (χ1) is 8.37. The number of aliphatic hydroxyl groups excluding tert-OH is 1. The minimum absolute atomic E-state index is 0.0681. The molecule has 0 radical (unpaired) electrons. The summed E-state index contributed by atoms with van der Waals surface area (Å²) >= 11 is 0. The maximum absolute atomic E-state index is 11.8. The summed E-state index contributed by atoms with van der Waals surface area (Å²) in [6.45, 7) is 4.05. The number of hydrogen-bond acceptors (Lipinski definition) is 3. The van der Waals surface area contributed by atoms with Gasteiger partial charge in [0.2, 0.25) is 0 Å². The molecule has 1 aromatic carbocycles. The number of rotatable bonds is 7. The van der Waals surface area contributed by atoms with E-state index in [9.17, 15) is 8.42 Å². The first kappa shape index (κ1) is 15.2. The van der Waals surface area contributed by atoms with Crippen molar-refractivity contribution in [3.8, 4) is 0 Å². The van der Waals surface area contributed by atoms with Crippen LogP contribution >= 0.6 is 0 Å². The summed E-state index contributed by atoms with van der Waals surface area (Å²) in [5.41, 5.74) is 1.01. The topological polar surface area (TPSA) is 54.4 Å².